The summed E-state index contributed by atoms with van der Waals surface area (Å²) in [6.07, 6.45) is 18.2. The third-order valence-corrected chi connectivity index (χ3v) is 20.8. The van der Waals surface area contributed by atoms with E-state index >= 15 is 0 Å². The maximum absolute atomic E-state index is 14.8. The number of hydrogen-bond donors (Lipinski definition) is 1. The summed E-state index contributed by atoms with van der Waals surface area (Å²) >= 11 is 0. The van der Waals surface area contributed by atoms with Crippen molar-refractivity contribution in [1.29, 1.82) is 0 Å². The summed E-state index contributed by atoms with van der Waals surface area (Å²) in [6, 6.07) is 9.67. The van der Waals surface area contributed by atoms with Crippen LogP contribution in [0.5, 0.6) is 0 Å². The number of hydrogen-bond acceptors (Lipinski definition) is 6. The zero-order chi connectivity index (χ0) is 42.1. The van der Waals surface area contributed by atoms with Gasteiger partial charge in [-0.05, 0) is 165 Å². The van der Waals surface area contributed by atoms with Gasteiger partial charge >= 0.3 is 5.97 Å². The van der Waals surface area contributed by atoms with Crippen LogP contribution in [0.1, 0.15) is 131 Å². The van der Waals surface area contributed by atoms with Crippen molar-refractivity contribution in [1.82, 2.24) is 10.2 Å². The minimum Gasteiger partial charge on any atom is -0.460 e. The normalized spacial score (nSPS) is 41.5. The van der Waals surface area contributed by atoms with Crippen LogP contribution < -0.4 is 5.32 Å². The van der Waals surface area contributed by atoms with Crippen molar-refractivity contribution in [3.8, 4) is 0 Å². The van der Waals surface area contributed by atoms with E-state index in [1.807, 2.05) is 30.3 Å². The van der Waals surface area contributed by atoms with Gasteiger partial charge in [-0.15, -0.1) is 0 Å². The van der Waals surface area contributed by atoms with E-state index in [9.17, 15) is 17.6 Å². The number of rotatable bonds is 10. The molecule has 7 aliphatic rings. The molecule has 4 saturated carbocycles. The van der Waals surface area contributed by atoms with Crippen LogP contribution in [0.15, 0.2) is 65.8 Å². The van der Waals surface area contributed by atoms with Crippen molar-refractivity contribution in [2.45, 2.75) is 137 Å². The van der Waals surface area contributed by atoms with E-state index in [2.05, 4.69) is 70.5 Å². The molecule has 10 atom stereocenters. The fraction of sp³-hybridized carbons (Fsp3) is 0.745. The highest BCUT2D eigenvalue weighted by molar-refractivity contribution is 7.91. The Kier molecular flexibility index (Phi) is 11.6. The van der Waals surface area contributed by atoms with Gasteiger partial charge in [-0.2, -0.15) is 0 Å². The molecule has 0 spiro atoms. The minimum atomic E-state index is -2.91. The molecule has 1 saturated heterocycles. The number of carbonyl (C=O) groups excluding carboxylic acids is 1. The molecule has 0 aromatic heterocycles. The van der Waals surface area contributed by atoms with Gasteiger partial charge in [0.2, 0.25) is 0 Å². The van der Waals surface area contributed by atoms with E-state index in [-0.39, 0.29) is 33.8 Å². The highest BCUT2D eigenvalue weighted by Gasteiger charge is 2.70. The number of esters is 1. The fourth-order valence-electron chi connectivity index (χ4n) is 15.7. The number of ether oxygens (including phenoxy) is 1. The SMILES string of the molecule is C=C(C)[C@@H]1CC[C@]2(NCCN3CCCS(=O)(=O)CC3)CC[C@]3(C)[C@H](CC[C@@H]4[C@@]5(C)CC=C(C6=CC[C@](CF)(C(=O)OCc7ccccc7)CC6)C(C)(C)[C@@H]5CC[C@]43C)[C@@H]12. The Morgan fingerprint density at radius 2 is 1.68 bits per heavy atom. The summed E-state index contributed by atoms with van der Waals surface area (Å²) in [5.74, 6) is 3.21. The van der Waals surface area contributed by atoms with Crippen LogP contribution in [0.4, 0.5) is 4.39 Å². The molecule has 6 aliphatic carbocycles. The summed E-state index contributed by atoms with van der Waals surface area (Å²) in [5, 5.41) is 4.24. The first-order chi connectivity index (χ1) is 27.9. The smallest absolute Gasteiger partial charge is 0.315 e. The van der Waals surface area contributed by atoms with E-state index in [4.69, 9.17) is 4.74 Å². The van der Waals surface area contributed by atoms with Crippen LogP contribution in [0, 0.1) is 56.7 Å². The molecule has 1 heterocycles. The van der Waals surface area contributed by atoms with Gasteiger partial charge in [0.05, 0.1) is 16.9 Å². The molecule has 0 radical (unpaired) electrons. The molecule has 6 nitrogen and oxygen atoms in total. The first-order valence-electron chi connectivity index (χ1n) is 23.4. The average molecular weight is 831 g/mol. The van der Waals surface area contributed by atoms with Crippen molar-refractivity contribution in [2.24, 2.45) is 56.7 Å². The van der Waals surface area contributed by atoms with Gasteiger partial charge in [-0.1, -0.05) is 89.3 Å². The van der Waals surface area contributed by atoms with Crippen molar-refractivity contribution in [3.05, 3.63) is 71.3 Å². The monoisotopic (exact) mass is 831 g/mol. The maximum atomic E-state index is 14.8. The molecular weight excluding hydrogens is 756 g/mol. The van der Waals surface area contributed by atoms with Crippen LogP contribution in [0.3, 0.4) is 0 Å². The third-order valence-electron chi connectivity index (χ3n) is 19.1. The Hall–Kier alpha value is -2.29. The molecular formula is C51H75FN2O4S. The highest BCUT2D eigenvalue weighted by Crippen LogP contribution is 2.76. The lowest BCUT2D eigenvalue weighted by atomic mass is 9.33. The number of nitrogens with one attached hydrogen (secondary N) is 1. The molecule has 5 fully saturated rings. The summed E-state index contributed by atoms with van der Waals surface area (Å²) in [7, 11) is -2.91. The quantitative estimate of drug-likeness (QED) is 0.187. The van der Waals surface area contributed by atoms with Gasteiger partial charge in [0.1, 0.15) is 13.3 Å². The third kappa shape index (κ3) is 7.27. The Balaban J connectivity index is 0.994. The van der Waals surface area contributed by atoms with E-state index in [0.29, 0.717) is 66.9 Å². The summed E-state index contributed by atoms with van der Waals surface area (Å²) in [6.45, 7) is 22.8. The van der Waals surface area contributed by atoms with E-state index in [1.54, 1.807) is 0 Å². The molecule has 8 heteroatoms. The summed E-state index contributed by atoms with van der Waals surface area (Å²) in [5.41, 5.74) is 4.77. The minimum absolute atomic E-state index is 0.0128. The molecule has 0 unspecified atom stereocenters. The van der Waals surface area contributed by atoms with E-state index in [1.165, 1.54) is 68.1 Å². The second-order valence-electron chi connectivity index (χ2n) is 22.1. The van der Waals surface area contributed by atoms with E-state index in [0.717, 1.165) is 38.0 Å². The Bertz CT molecular complexity index is 1940. The molecule has 1 aromatic rings. The molecule has 1 aromatic carbocycles. The average Bonchev–Trinajstić information content (AvgIpc) is 3.50. The van der Waals surface area contributed by atoms with E-state index < -0.39 is 27.9 Å². The number of carbonyl (C=O) groups is 1. The first kappa shape index (κ1) is 43.4. The summed E-state index contributed by atoms with van der Waals surface area (Å²) < 4.78 is 45.1. The molecule has 59 heavy (non-hydrogen) atoms. The zero-order valence-corrected chi connectivity index (χ0v) is 38.2. The van der Waals surface area contributed by atoms with Crippen molar-refractivity contribution in [2.75, 3.05) is 44.4 Å². The number of benzene rings is 1. The number of nitrogens with zero attached hydrogens (tertiary/aromatic N) is 1. The van der Waals surface area contributed by atoms with Gasteiger partial charge < -0.3 is 15.0 Å². The first-order valence-corrected chi connectivity index (χ1v) is 25.3. The Morgan fingerprint density at radius 3 is 2.39 bits per heavy atom. The number of halogens is 1. The molecule has 0 amide bonds. The second-order valence-corrected chi connectivity index (χ2v) is 24.4. The van der Waals surface area contributed by atoms with Crippen molar-refractivity contribution >= 4 is 15.8 Å². The standard InChI is InChI=1S/C51H75FN2O4S/c1-36(2)39-18-25-51(53-28-30-54-29-11-32-59(56,57)33-31-54)27-26-48(6)41(44(39)51)14-15-43-47(5)21-19-40(46(3,4)42(47)20-22-49(43,48)7)38-16-23-50(35-52,24-17-38)45(55)58-34-37-12-9-8-10-13-37/h8-10,12-13,16,19,39,41-44,53H,1,11,14-15,17-18,20-35H2,2-7H3/t39-,41+,42-,43+,44+,47-,48+,49+,50-,51-/m0/s1. The topological polar surface area (TPSA) is 75.7 Å². The van der Waals surface area contributed by atoms with Crippen LogP contribution in [-0.4, -0.2) is 69.2 Å². The number of sulfone groups is 1. The maximum Gasteiger partial charge on any atom is 0.315 e. The lowest BCUT2D eigenvalue weighted by molar-refractivity contribution is -0.221. The largest absolute Gasteiger partial charge is 0.460 e. The number of alkyl halides is 1. The predicted molar refractivity (Wildman–Crippen MR) is 237 cm³/mol. The number of allylic oxidation sites excluding steroid dienone is 5. The van der Waals surface area contributed by atoms with Crippen LogP contribution in [-0.2, 0) is 26.0 Å². The van der Waals surface area contributed by atoms with Gasteiger partial charge in [0.15, 0.2) is 9.84 Å². The molecule has 326 valence electrons. The van der Waals surface area contributed by atoms with Gasteiger partial charge in [-0.25, -0.2) is 12.8 Å². The van der Waals surface area contributed by atoms with Crippen LogP contribution in [0.25, 0.3) is 0 Å². The molecule has 8 rings (SSSR count). The van der Waals surface area contributed by atoms with Crippen LogP contribution in [0.2, 0.25) is 0 Å². The number of fused-ring (bicyclic) bond motifs is 7. The molecule has 1 N–H and O–H groups in total. The lowest BCUT2D eigenvalue weighted by Gasteiger charge is -2.72. The van der Waals surface area contributed by atoms with Gasteiger partial charge in [0, 0.05) is 25.2 Å². The van der Waals surface area contributed by atoms with Crippen molar-refractivity contribution < 1.29 is 22.3 Å². The second kappa shape index (κ2) is 15.8. The summed E-state index contributed by atoms with van der Waals surface area (Å²) in [4.78, 5) is 15.8. The zero-order valence-electron chi connectivity index (χ0n) is 37.4. The van der Waals surface area contributed by atoms with Gasteiger partial charge in [0.25, 0.3) is 0 Å². The highest BCUT2D eigenvalue weighted by atomic mass is 32.2. The predicted octanol–water partition coefficient (Wildman–Crippen LogP) is 10.5. The fourth-order valence-corrected chi connectivity index (χ4v) is 17.0. The molecule has 1 aliphatic heterocycles. The Labute approximate surface area is 356 Å². The Morgan fingerprint density at radius 1 is 0.898 bits per heavy atom. The molecule has 0 bridgehead atoms. The van der Waals surface area contributed by atoms with Gasteiger partial charge in [-0.3, -0.25) is 4.79 Å². The lowest BCUT2D eigenvalue weighted by Crippen LogP contribution is -2.68. The van der Waals surface area contributed by atoms with Crippen LogP contribution >= 0.6 is 0 Å². The van der Waals surface area contributed by atoms with Crippen molar-refractivity contribution in [3.63, 3.8) is 0 Å².